The molecule has 1 fully saturated rings. The maximum absolute atomic E-state index is 12.2. The van der Waals surface area contributed by atoms with E-state index in [9.17, 15) is 9.59 Å². The normalized spacial score (nSPS) is 17.5. The van der Waals surface area contributed by atoms with Crippen LogP contribution in [0.4, 0.5) is 9.59 Å². The molecule has 9 heteroatoms. The molecule has 160 valence electrons. The first-order valence-corrected chi connectivity index (χ1v) is 9.72. The van der Waals surface area contributed by atoms with Gasteiger partial charge in [-0.1, -0.05) is 6.07 Å². The summed E-state index contributed by atoms with van der Waals surface area (Å²) in [4.78, 5) is 27.5. The molecular weight excluding hydrogens is 380 g/mol. The highest BCUT2D eigenvalue weighted by Crippen LogP contribution is 2.33. The summed E-state index contributed by atoms with van der Waals surface area (Å²) in [5.41, 5.74) is 1.01. The third-order valence-electron chi connectivity index (χ3n) is 5.20. The van der Waals surface area contributed by atoms with Crippen LogP contribution in [0, 0.1) is 0 Å². The lowest BCUT2D eigenvalue weighted by atomic mass is 10.1. The maximum atomic E-state index is 12.2. The number of piperidine rings is 1. The van der Waals surface area contributed by atoms with Crippen LogP contribution in [0.25, 0.3) is 0 Å². The SMILES string of the molecule is CC(Cc1ccc2c(c1)OCO2)N(C)C(=O)OCOC(=O)OC1CCN(C)CC1. The predicted molar refractivity (Wildman–Crippen MR) is 103 cm³/mol. The minimum Gasteiger partial charge on any atom is -0.454 e. The Morgan fingerprint density at radius 3 is 2.69 bits per heavy atom. The fraction of sp³-hybridized carbons (Fsp3) is 0.600. The van der Waals surface area contributed by atoms with E-state index in [1.807, 2.05) is 32.2 Å². The van der Waals surface area contributed by atoms with Crippen molar-refractivity contribution in [2.75, 3.05) is 40.8 Å². The van der Waals surface area contributed by atoms with Crippen LogP contribution in [-0.4, -0.2) is 75.0 Å². The van der Waals surface area contributed by atoms with Crippen molar-refractivity contribution in [3.8, 4) is 11.5 Å². The number of carbonyl (C=O) groups excluding carboxylic acids is 2. The largest absolute Gasteiger partial charge is 0.511 e. The summed E-state index contributed by atoms with van der Waals surface area (Å²) in [6.07, 6.45) is 0.602. The second kappa shape index (κ2) is 9.69. The quantitative estimate of drug-likeness (QED) is 0.524. The Morgan fingerprint density at radius 2 is 1.93 bits per heavy atom. The molecule has 0 aromatic heterocycles. The topological polar surface area (TPSA) is 86.8 Å². The van der Waals surface area contributed by atoms with Crippen molar-refractivity contribution in [1.29, 1.82) is 0 Å². The minimum atomic E-state index is -0.816. The van der Waals surface area contributed by atoms with Gasteiger partial charge in [-0.05, 0) is 50.9 Å². The first-order valence-electron chi connectivity index (χ1n) is 9.72. The predicted octanol–water partition coefficient (Wildman–Crippen LogP) is 2.62. The number of benzene rings is 1. The number of likely N-dealkylation sites (N-methyl/N-ethyl adjacent to an activating group) is 1. The van der Waals surface area contributed by atoms with Gasteiger partial charge in [0.2, 0.25) is 13.6 Å². The van der Waals surface area contributed by atoms with Crippen LogP contribution in [0.1, 0.15) is 25.3 Å². The Bertz CT molecular complexity index is 719. The van der Waals surface area contributed by atoms with Crippen molar-refractivity contribution in [2.45, 2.75) is 38.3 Å². The summed E-state index contributed by atoms with van der Waals surface area (Å²) in [7, 11) is 3.66. The molecule has 2 aliphatic heterocycles. The van der Waals surface area contributed by atoms with Gasteiger partial charge in [0, 0.05) is 26.2 Å². The lowest BCUT2D eigenvalue weighted by molar-refractivity contribution is -0.0450. The Labute approximate surface area is 170 Å². The van der Waals surface area contributed by atoms with Crippen LogP contribution < -0.4 is 9.47 Å². The summed E-state index contributed by atoms with van der Waals surface area (Å²) < 4.78 is 25.8. The molecule has 1 amide bonds. The second-order valence-electron chi connectivity index (χ2n) is 7.39. The fourth-order valence-corrected chi connectivity index (χ4v) is 3.23. The average Bonchev–Trinajstić information content (AvgIpc) is 3.17. The fourth-order valence-electron chi connectivity index (χ4n) is 3.23. The van der Waals surface area contributed by atoms with Gasteiger partial charge >= 0.3 is 12.2 Å². The van der Waals surface area contributed by atoms with Gasteiger partial charge in [0.15, 0.2) is 11.5 Å². The molecule has 0 radical (unpaired) electrons. The minimum absolute atomic E-state index is 0.131. The van der Waals surface area contributed by atoms with Crippen molar-refractivity contribution in [2.24, 2.45) is 0 Å². The lowest BCUT2D eigenvalue weighted by Gasteiger charge is -2.28. The molecular formula is C20H28N2O7. The first kappa shape index (κ1) is 21.0. The van der Waals surface area contributed by atoms with E-state index in [1.165, 1.54) is 4.90 Å². The van der Waals surface area contributed by atoms with Gasteiger partial charge in [-0.25, -0.2) is 9.59 Å². The summed E-state index contributed by atoms with van der Waals surface area (Å²) in [5.74, 6) is 1.43. The standard InChI is InChI=1S/C20H28N2O7/c1-14(10-15-4-5-17-18(11-15)26-12-25-17)22(3)19(23)27-13-28-20(24)29-16-6-8-21(2)9-7-16/h4-5,11,14,16H,6-10,12-13H2,1-3H3. The molecule has 1 aromatic carbocycles. The van der Waals surface area contributed by atoms with Crippen LogP contribution in [0.3, 0.4) is 0 Å². The van der Waals surface area contributed by atoms with Crippen LogP contribution >= 0.6 is 0 Å². The third kappa shape index (κ3) is 5.90. The zero-order valence-electron chi connectivity index (χ0n) is 17.1. The summed E-state index contributed by atoms with van der Waals surface area (Å²) >= 11 is 0. The Morgan fingerprint density at radius 1 is 1.21 bits per heavy atom. The summed E-state index contributed by atoms with van der Waals surface area (Å²) in [5, 5.41) is 0. The van der Waals surface area contributed by atoms with Crippen molar-refractivity contribution >= 4 is 12.2 Å². The highest BCUT2D eigenvalue weighted by atomic mass is 16.8. The lowest BCUT2D eigenvalue weighted by Crippen LogP contribution is -2.37. The zero-order chi connectivity index (χ0) is 20.8. The van der Waals surface area contributed by atoms with Crippen LogP contribution in [0.5, 0.6) is 11.5 Å². The van der Waals surface area contributed by atoms with Crippen molar-refractivity contribution in [1.82, 2.24) is 9.80 Å². The van der Waals surface area contributed by atoms with Gasteiger partial charge in [-0.15, -0.1) is 0 Å². The van der Waals surface area contributed by atoms with Gasteiger partial charge in [0.1, 0.15) is 6.10 Å². The number of rotatable bonds is 6. The second-order valence-corrected chi connectivity index (χ2v) is 7.39. The molecule has 0 bridgehead atoms. The number of amides is 1. The number of ether oxygens (including phenoxy) is 5. The molecule has 0 spiro atoms. The Hall–Kier alpha value is -2.68. The van der Waals surface area contributed by atoms with E-state index in [1.54, 1.807) is 7.05 Å². The molecule has 0 saturated carbocycles. The van der Waals surface area contributed by atoms with Gasteiger partial charge in [0.05, 0.1) is 0 Å². The number of likely N-dealkylation sites (tertiary alicyclic amines) is 1. The molecule has 0 aliphatic carbocycles. The molecule has 1 unspecified atom stereocenters. The highest BCUT2D eigenvalue weighted by molar-refractivity contribution is 5.68. The maximum Gasteiger partial charge on any atom is 0.511 e. The molecule has 1 aromatic rings. The average molecular weight is 408 g/mol. The van der Waals surface area contributed by atoms with E-state index in [4.69, 9.17) is 23.7 Å². The number of carbonyl (C=O) groups is 2. The van der Waals surface area contributed by atoms with E-state index in [0.717, 1.165) is 37.2 Å². The van der Waals surface area contributed by atoms with E-state index >= 15 is 0 Å². The molecule has 1 saturated heterocycles. The van der Waals surface area contributed by atoms with Crippen LogP contribution in [0.2, 0.25) is 0 Å². The van der Waals surface area contributed by atoms with Crippen molar-refractivity contribution in [3.63, 3.8) is 0 Å². The molecule has 3 rings (SSSR count). The first-order chi connectivity index (χ1) is 13.9. The Balaban J connectivity index is 1.36. The Kier molecular flexibility index (Phi) is 7.03. The molecule has 2 heterocycles. The monoisotopic (exact) mass is 408 g/mol. The van der Waals surface area contributed by atoms with Gasteiger partial charge in [-0.2, -0.15) is 0 Å². The van der Waals surface area contributed by atoms with E-state index in [-0.39, 0.29) is 18.9 Å². The number of fused-ring (bicyclic) bond motifs is 1. The van der Waals surface area contributed by atoms with Gasteiger partial charge in [-0.3, -0.25) is 0 Å². The molecule has 2 aliphatic rings. The zero-order valence-corrected chi connectivity index (χ0v) is 17.1. The van der Waals surface area contributed by atoms with Gasteiger partial charge < -0.3 is 33.5 Å². The molecule has 9 nitrogen and oxygen atoms in total. The van der Waals surface area contributed by atoms with Gasteiger partial charge in [0.25, 0.3) is 0 Å². The smallest absolute Gasteiger partial charge is 0.454 e. The highest BCUT2D eigenvalue weighted by Gasteiger charge is 2.22. The summed E-state index contributed by atoms with van der Waals surface area (Å²) in [6, 6.07) is 5.56. The van der Waals surface area contributed by atoms with E-state index < -0.39 is 19.0 Å². The van der Waals surface area contributed by atoms with Crippen LogP contribution in [-0.2, 0) is 20.6 Å². The van der Waals surface area contributed by atoms with Crippen molar-refractivity contribution < 1.29 is 33.3 Å². The number of nitrogens with zero attached hydrogens (tertiary/aromatic N) is 2. The number of hydrogen-bond acceptors (Lipinski definition) is 8. The van der Waals surface area contributed by atoms with Crippen LogP contribution in [0.15, 0.2) is 18.2 Å². The molecule has 29 heavy (non-hydrogen) atoms. The van der Waals surface area contributed by atoms with Crippen molar-refractivity contribution in [3.05, 3.63) is 23.8 Å². The molecule has 0 N–H and O–H groups in total. The van der Waals surface area contributed by atoms with E-state index in [2.05, 4.69) is 4.90 Å². The third-order valence-corrected chi connectivity index (χ3v) is 5.20. The molecule has 1 atom stereocenters. The summed E-state index contributed by atoms with van der Waals surface area (Å²) in [6.45, 7) is 3.39. The number of hydrogen-bond donors (Lipinski definition) is 0. The van der Waals surface area contributed by atoms with E-state index in [0.29, 0.717) is 12.2 Å².